The van der Waals surface area contributed by atoms with Gasteiger partial charge in [0.15, 0.2) is 6.61 Å². The molecular weight excluding hydrogens is 337 g/mol. The molecular formula is C12H13BrClNO4. The normalized spacial score (nSPS) is 9.89. The highest BCUT2D eigenvalue weighted by Gasteiger charge is 2.10. The van der Waals surface area contributed by atoms with E-state index >= 15 is 0 Å². The summed E-state index contributed by atoms with van der Waals surface area (Å²) in [7, 11) is 1.25. The number of hydrogen-bond donors (Lipinski definition) is 1. The van der Waals surface area contributed by atoms with Gasteiger partial charge in [-0.25, -0.2) is 0 Å². The molecule has 0 unspecified atom stereocenters. The van der Waals surface area contributed by atoms with E-state index in [1.807, 2.05) is 13.0 Å². The van der Waals surface area contributed by atoms with Gasteiger partial charge in [0.05, 0.1) is 12.1 Å². The monoisotopic (exact) mass is 349 g/mol. The van der Waals surface area contributed by atoms with Crippen LogP contribution in [0.2, 0.25) is 5.02 Å². The van der Waals surface area contributed by atoms with Gasteiger partial charge in [0, 0.05) is 4.47 Å². The molecule has 7 heteroatoms. The van der Waals surface area contributed by atoms with Crippen LogP contribution in [0.3, 0.4) is 0 Å². The molecule has 1 amide bonds. The predicted molar refractivity (Wildman–Crippen MR) is 74.4 cm³/mol. The molecule has 0 fully saturated rings. The van der Waals surface area contributed by atoms with Crippen molar-refractivity contribution < 1.29 is 19.1 Å². The Hall–Kier alpha value is -1.27. The lowest BCUT2D eigenvalue weighted by atomic mass is 10.2. The van der Waals surface area contributed by atoms with Gasteiger partial charge in [0.1, 0.15) is 12.3 Å². The fourth-order valence-corrected chi connectivity index (χ4v) is 2.33. The van der Waals surface area contributed by atoms with Gasteiger partial charge in [-0.3, -0.25) is 9.59 Å². The molecule has 0 heterocycles. The van der Waals surface area contributed by atoms with Gasteiger partial charge in [-0.2, -0.15) is 0 Å². The molecule has 1 aromatic rings. The third-order valence-electron chi connectivity index (χ3n) is 2.20. The van der Waals surface area contributed by atoms with Gasteiger partial charge in [-0.05, 0) is 24.6 Å². The Kier molecular flexibility index (Phi) is 6.11. The minimum absolute atomic E-state index is 0.189. The van der Waals surface area contributed by atoms with E-state index in [1.54, 1.807) is 6.07 Å². The molecule has 0 aliphatic rings. The van der Waals surface area contributed by atoms with Crippen LogP contribution in [0.25, 0.3) is 0 Å². The second kappa shape index (κ2) is 7.35. The van der Waals surface area contributed by atoms with E-state index in [0.717, 1.165) is 10.0 Å². The van der Waals surface area contributed by atoms with Crippen molar-refractivity contribution in [1.29, 1.82) is 0 Å². The Bertz CT molecular complexity index is 470. The lowest BCUT2D eigenvalue weighted by Crippen LogP contribution is -2.33. The lowest BCUT2D eigenvalue weighted by molar-refractivity contribution is -0.141. The quantitative estimate of drug-likeness (QED) is 0.826. The number of carbonyl (C=O) groups is 2. The highest BCUT2D eigenvalue weighted by Crippen LogP contribution is 2.31. The number of amides is 1. The molecule has 1 aromatic carbocycles. The number of aryl methyl sites for hydroxylation is 1. The summed E-state index contributed by atoms with van der Waals surface area (Å²) in [6, 6.07) is 3.50. The highest BCUT2D eigenvalue weighted by atomic mass is 79.9. The number of methoxy groups -OCH3 is 1. The average molecular weight is 351 g/mol. The van der Waals surface area contributed by atoms with Crippen LogP contribution in [0, 0.1) is 6.92 Å². The first-order valence-electron chi connectivity index (χ1n) is 5.36. The highest BCUT2D eigenvalue weighted by molar-refractivity contribution is 9.10. The van der Waals surface area contributed by atoms with Crippen molar-refractivity contribution in [2.24, 2.45) is 0 Å². The van der Waals surface area contributed by atoms with E-state index in [4.69, 9.17) is 16.3 Å². The number of carbonyl (C=O) groups excluding carboxylic acids is 2. The first kappa shape index (κ1) is 15.8. The number of esters is 1. The molecule has 0 saturated carbocycles. The van der Waals surface area contributed by atoms with Crippen LogP contribution in [0.15, 0.2) is 16.6 Å². The summed E-state index contributed by atoms with van der Waals surface area (Å²) in [5, 5.41) is 2.77. The zero-order valence-corrected chi connectivity index (χ0v) is 12.8. The molecule has 104 valence electrons. The van der Waals surface area contributed by atoms with Crippen LogP contribution >= 0.6 is 27.5 Å². The van der Waals surface area contributed by atoms with Crippen molar-refractivity contribution in [2.45, 2.75) is 6.92 Å². The molecule has 5 nitrogen and oxygen atoms in total. The molecule has 1 N–H and O–H groups in total. The zero-order chi connectivity index (χ0) is 14.4. The first-order valence-corrected chi connectivity index (χ1v) is 6.53. The third-order valence-corrected chi connectivity index (χ3v) is 2.94. The lowest BCUT2D eigenvalue weighted by Gasteiger charge is -2.11. The zero-order valence-electron chi connectivity index (χ0n) is 10.5. The minimum Gasteiger partial charge on any atom is -0.482 e. The van der Waals surface area contributed by atoms with Gasteiger partial charge in [-0.1, -0.05) is 27.5 Å². The second-order valence-corrected chi connectivity index (χ2v) is 5.00. The summed E-state index contributed by atoms with van der Waals surface area (Å²) in [5.41, 5.74) is 0.806. The van der Waals surface area contributed by atoms with Crippen LogP contribution in [-0.4, -0.2) is 32.1 Å². The maximum Gasteiger partial charge on any atom is 0.325 e. The van der Waals surface area contributed by atoms with Crippen LogP contribution in [-0.2, 0) is 14.3 Å². The fraction of sp³-hybridized carbons (Fsp3) is 0.333. The van der Waals surface area contributed by atoms with Crippen LogP contribution < -0.4 is 10.1 Å². The third kappa shape index (κ3) is 5.08. The number of rotatable bonds is 5. The molecule has 0 aromatic heterocycles. The molecule has 0 aliphatic heterocycles. The van der Waals surface area contributed by atoms with Crippen molar-refractivity contribution in [3.8, 4) is 5.75 Å². The number of halogens is 2. The summed E-state index contributed by atoms with van der Waals surface area (Å²) < 4.78 is 10.6. The standard InChI is InChI=1S/C12H13BrClNO4/c1-7-3-8(13)4-9(14)12(7)19-6-10(16)15-5-11(17)18-2/h3-4H,5-6H2,1-2H3,(H,15,16). The largest absolute Gasteiger partial charge is 0.482 e. The minimum atomic E-state index is -0.522. The molecule has 0 spiro atoms. The van der Waals surface area contributed by atoms with Crippen molar-refractivity contribution in [1.82, 2.24) is 5.32 Å². The van der Waals surface area contributed by atoms with Gasteiger partial charge < -0.3 is 14.8 Å². The van der Waals surface area contributed by atoms with Crippen LogP contribution in [0.4, 0.5) is 0 Å². The Morgan fingerprint density at radius 3 is 2.68 bits per heavy atom. The molecule has 19 heavy (non-hydrogen) atoms. The Labute approximate surface area is 124 Å². The molecule has 0 radical (unpaired) electrons. The van der Waals surface area contributed by atoms with E-state index in [-0.39, 0.29) is 13.2 Å². The predicted octanol–water partition coefficient (Wildman–Crippen LogP) is 2.08. The van der Waals surface area contributed by atoms with Gasteiger partial charge in [0.25, 0.3) is 5.91 Å². The van der Waals surface area contributed by atoms with Crippen LogP contribution in [0.1, 0.15) is 5.56 Å². The number of nitrogens with one attached hydrogen (secondary N) is 1. The van der Waals surface area contributed by atoms with E-state index in [1.165, 1.54) is 7.11 Å². The molecule has 0 atom stereocenters. The molecule has 0 aliphatic carbocycles. The van der Waals surface area contributed by atoms with Crippen LogP contribution in [0.5, 0.6) is 5.75 Å². The SMILES string of the molecule is COC(=O)CNC(=O)COc1c(C)cc(Br)cc1Cl. The fourth-order valence-electron chi connectivity index (χ4n) is 1.30. The van der Waals surface area contributed by atoms with E-state index in [0.29, 0.717) is 10.8 Å². The molecule has 1 rings (SSSR count). The summed E-state index contributed by atoms with van der Waals surface area (Å²) in [6.45, 7) is 1.41. The number of hydrogen-bond acceptors (Lipinski definition) is 4. The van der Waals surface area contributed by atoms with Crippen molar-refractivity contribution in [2.75, 3.05) is 20.3 Å². The van der Waals surface area contributed by atoms with E-state index in [9.17, 15) is 9.59 Å². The van der Waals surface area contributed by atoms with Crippen molar-refractivity contribution in [3.63, 3.8) is 0 Å². The topological polar surface area (TPSA) is 64.6 Å². The maximum absolute atomic E-state index is 11.4. The summed E-state index contributed by atoms with van der Waals surface area (Å²) in [6.07, 6.45) is 0. The first-order chi connectivity index (χ1) is 8.93. The summed E-state index contributed by atoms with van der Waals surface area (Å²) in [4.78, 5) is 22.3. The van der Waals surface area contributed by atoms with Gasteiger partial charge >= 0.3 is 5.97 Å². The smallest absolute Gasteiger partial charge is 0.325 e. The Balaban J connectivity index is 2.53. The number of ether oxygens (including phenoxy) is 2. The maximum atomic E-state index is 11.4. The molecule has 0 saturated heterocycles. The van der Waals surface area contributed by atoms with E-state index < -0.39 is 11.9 Å². The van der Waals surface area contributed by atoms with E-state index in [2.05, 4.69) is 26.0 Å². The number of benzene rings is 1. The van der Waals surface area contributed by atoms with Crippen molar-refractivity contribution in [3.05, 3.63) is 27.2 Å². The van der Waals surface area contributed by atoms with Crippen molar-refractivity contribution >= 4 is 39.4 Å². The molecule has 0 bridgehead atoms. The van der Waals surface area contributed by atoms with Gasteiger partial charge in [0.2, 0.25) is 0 Å². The summed E-state index contributed by atoms with van der Waals surface area (Å²) in [5.74, 6) is -0.506. The Morgan fingerprint density at radius 1 is 1.42 bits per heavy atom. The second-order valence-electron chi connectivity index (χ2n) is 3.68. The average Bonchev–Trinajstić information content (AvgIpc) is 2.34. The summed E-state index contributed by atoms with van der Waals surface area (Å²) >= 11 is 9.31. The Morgan fingerprint density at radius 2 is 2.11 bits per heavy atom. The van der Waals surface area contributed by atoms with Gasteiger partial charge in [-0.15, -0.1) is 0 Å².